The number of anilines is 1. The molecule has 0 aliphatic carbocycles. The Labute approximate surface area is 173 Å². The van der Waals surface area contributed by atoms with E-state index in [1.165, 1.54) is 24.8 Å². The fourth-order valence-electron chi connectivity index (χ4n) is 4.44. The molecule has 0 N–H and O–H groups in total. The number of rotatable bonds is 7. The summed E-state index contributed by atoms with van der Waals surface area (Å²) in [6.07, 6.45) is 5.45. The van der Waals surface area contributed by atoms with Crippen LogP contribution in [0.15, 0.2) is 54.6 Å². The molecule has 5 nitrogen and oxygen atoms in total. The topological polar surface area (TPSA) is 42.0 Å². The molecule has 29 heavy (non-hydrogen) atoms. The van der Waals surface area contributed by atoms with E-state index in [-0.39, 0.29) is 12.2 Å². The number of amides is 1. The summed E-state index contributed by atoms with van der Waals surface area (Å²) in [4.78, 5) is 16.7. The Morgan fingerprint density at radius 1 is 1.10 bits per heavy atom. The minimum Gasteiger partial charge on any atom is -0.497 e. The summed E-state index contributed by atoms with van der Waals surface area (Å²) in [5.74, 6) is 0.746. The van der Waals surface area contributed by atoms with Gasteiger partial charge in [-0.25, -0.2) is 4.79 Å². The molecule has 2 saturated heterocycles. The molecule has 2 aliphatic heterocycles. The summed E-state index contributed by atoms with van der Waals surface area (Å²) < 4.78 is 10.9. The fraction of sp³-hybridized carbons (Fsp3) is 0.458. The summed E-state index contributed by atoms with van der Waals surface area (Å²) >= 11 is 0. The van der Waals surface area contributed by atoms with Gasteiger partial charge in [-0.15, -0.1) is 0 Å². The van der Waals surface area contributed by atoms with Crippen molar-refractivity contribution in [1.82, 2.24) is 4.90 Å². The Balaban J connectivity index is 1.33. The first kappa shape index (κ1) is 19.8. The predicted octanol–water partition coefficient (Wildman–Crippen LogP) is 4.51. The predicted molar refractivity (Wildman–Crippen MR) is 115 cm³/mol. The Morgan fingerprint density at radius 3 is 2.79 bits per heavy atom. The van der Waals surface area contributed by atoms with Crippen molar-refractivity contribution in [2.75, 3.05) is 31.6 Å². The van der Waals surface area contributed by atoms with Crippen LogP contribution in [0, 0.1) is 0 Å². The van der Waals surface area contributed by atoms with Gasteiger partial charge in [0.25, 0.3) is 0 Å². The molecule has 0 radical (unpaired) electrons. The molecule has 2 aromatic carbocycles. The highest BCUT2D eigenvalue weighted by Gasteiger charge is 2.33. The lowest BCUT2D eigenvalue weighted by molar-refractivity contribution is 0.102. The molecule has 0 spiro atoms. The van der Waals surface area contributed by atoms with Crippen molar-refractivity contribution < 1.29 is 14.3 Å². The third kappa shape index (κ3) is 4.91. The van der Waals surface area contributed by atoms with E-state index in [0.717, 1.165) is 37.4 Å². The first-order valence-electron chi connectivity index (χ1n) is 10.6. The second kappa shape index (κ2) is 9.31. The highest BCUT2D eigenvalue weighted by atomic mass is 16.6. The molecule has 2 fully saturated rings. The van der Waals surface area contributed by atoms with Crippen LogP contribution in [0.5, 0.6) is 5.75 Å². The Bertz CT molecular complexity index is 811. The molecular weight excluding hydrogens is 364 g/mol. The highest BCUT2D eigenvalue weighted by Crippen LogP contribution is 2.27. The number of likely N-dealkylation sites (tertiary alicyclic amines) is 1. The van der Waals surface area contributed by atoms with E-state index >= 15 is 0 Å². The van der Waals surface area contributed by atoms with Gasteiger partial charge in [0, 0.05) is 18.7 Å². The van der Waals surface area contributed by atoms with Crippen molar-refractivity contribution >= 4 is 11.8 Å². The van der Waals surface area contributed by atoms with Crippen molar-refractivity contribution in [3.05, 3.63) is 60.2 Å². The number of hydrogen-bond donors (Lipinski definition) is 0. The van der Waals surface area contributed by atoms with E-state index in [4.69, 9.17) is 9.47 Å². The van der Waals surface area contributed by atoms with Crippen LogP contribution in [-0.4, -0.2) is 49.9 Å². The lowest BCUT2D eigenvalue weighted by atomic mass is 9.95. The molecule has 5 heteroatoms. The molecule has 2 unspecified atom stereocenters. The van der Waals surface area contributed by atoms with Crippen LogP contribution in [0.1, 0.15) is 31.2 Å². The van der Waals surface area contributed by atoms with Crippen LogP contribution in [0.2, 0.25) is 0 Å². The average molecular weight is 395 g/mol. The maximum Gasteiger partial charge on any atom is 0.414 e. The lowest BCUT2D eigenvalue weighted by Crippen LogP contribution is -2.42. The Kier molecular flexibility index (Phi) is 6.35. The largest absolute Gasteiger partial charge is 0.497 e. The van der Waals surface area contributed by atoms with Crippen LogP contribution in [0.4, 0.5) is 10.5 Å². The number of ether oxygens (including phenoxy) is 2. The smallest absolute Gasteiger partial charge is 0.414 e. The van der Waals surface area contributed by atoms with Gasteiger partial charge in [0.15, 0.2) is 0 Å². The van der Waals surface area contributed by atoms with Crippen LogP contribution < -0.4 is 9.64 Å². The normalized spacial score (nSPS) is 22.5. The fourth-order valence-corrected chi connectivity index (χ4v) is 4.44. The van der Waals surface area contributed by atoms with Crippen LogP contribution in [-0.2, 0) is 11.2 Å². The molecule has 1 amide bonds. The van der Waals surface area contributed by atoms with Gasteiger partial charge >= 0.3 is 6.09 Å². The third-order valence-corrected chi connectivity index (χ3v) is 6.04. The SMILES string of the molecule is COc1cccc(N2CC(CCN3CCCCC3Cc3ccccc3)OC2=O)c1. The highest BCUT2D eigenvalue weighted by molar-refractivity contribution is 5.89. The van der Waals surface area contributed by atoms with Crippen molar-refractivity contribution in [1.29, 1.82) is 0 Å². The standard InChI is InChI=1S/C24H30N2O3/c1-28-22-12-7-11-21(17-22)26-18-23(29-24(26)27)13-15-25-14-6-5-10-20(25)16-19-8-3-2-4-9-19/h2-4,7-9,11-12,17,20,23H,5-6,10,13-16,18H2,1H3. The van der Waals surface area contributed by atoms with Gasteiger partial charge in [0.2, 0.25) is 0 Å². The minimum absolute atomic E-state index is 0.0620. The number of carbonyl (C=O) groups is 1. The average Bonchev–Trinajstić information content (AvgIpc) is 3.14. The van der Waals surface area contributed by atoms with Crippen molar-refractivity contribution in [2.24, 2.45) is 0 Å². The summed E-state index contributed by atoms with van der Waals surface area (Å²) in [7, 11) is 1.63. The first-order chi connectivity index (χ1) is 14.2. The maximum atomic E-state index is 12.4. The summed E-state index contributed by atoms with van der Waals surface area (Å²) in [5, 5.41) is 0. The van der Waals surface area contributed by atoms with Gasteiger partial charge in [-0.05, 0) is 49.9 Å². The van der Waals surface area contributed by atoms with Gasteiger partial charge in [0.1, 0.15) is 11.9 Å². The monoisotopic (exact) mass is 394 g/mol. The van der Waals surface area contributed by atoms with Gasteiger partial charge < -0.3 is 9.47 Å². The number of hydrogen-bond acceptors (Lipinski definition) is 4. The molecule has 4 rings (SSSR count). The van der Waals surface area contributed by atoms with E-state index in [1.807, 2.05) is 24.3 Å². The summed E-state index contributed by atoms with van der Waals surface area (Å²) in [6, 6.07) is 18.9. The van der Waals surface area contributed by atoms with Crippen molar-refractivity contribution in [3.8, 4) is 5.75 Å². The van der Waals surface area contributed by atoms with Gasteiger partial charge in [-0.2, -0.15) is 0 Å². The molecule has 2 heterocycles. The summed E-state index contributed by atoms with van der Waals surface area (Å²) in [6.45, 7) is 2.71. The van der Waals surface area contributed by atoms with Gasteiger partial charge in [0.05, 0.1) is 19.3 Å². The molecule has 0 bridgehead atoms. The van der Waals surface area contributed by atoms with E-state index in [2.05, 4.69) is 35.2 Å². The number of carbonyl (C=O) groups excluding carboxylic acids is 1. The minimum atomic E-state index is -0.261. The number of benzene rings is 2. The molecule has 2 atom stereocenters. The lowest BCUT2D eigenvalue weighted by Gasteiger charge is -2.36. The molecule has 154 valence electrons. The zero-order valence-corrected chi connectivity index (χ0v) is 17.1. The molecule has 0 saturated carbocycles. The Morgan fingerprint density at radius 2 is 1.97 bits per heavy atom. The van der Waals surface area contributed by atoms with E-state index < -0.39 is 0 Å². The number of cyclic esters (lactones) is 1. The molecule has 2 aromatic rings. The Hall–Kier alpha value is -2.53. The second-order valence-corrected chi connectivity index (χ2v) is 7.98. The maximum absolute atomic E-state index is 12.4. The zero-order valence-electron chi connectivity index (χ0n) is 17.1. The van der Waals surface area contributed by atoms with Crippen LogP contribution in [0.3, 0.4) is 0 Å². The van der Waals surface area contributed by atoms with Gasteiger partial charge in [-0.3, -0.25) is 9.80 Å². The van der Waals surface area contributed by atoms with Crippen molar-refractivity contribution in [3.63, 3.8) is 0 Å². The first-order valence-corrected chi connectivity index (χ1v) is 10.6. The quantitative estimate of drug-likeness (QED) is 0.693. The van der Waals surface area contributed by atoms with E-state index in [9.17, 15) is 4.79 Å². The molecule has 2 aliphatic rings. The second-order valence-electron chi connectivity index (χ2n) is 7.98. The molecule has 0 aromatic heterocycles. The summed E-state index contributed by atoms with van der Waals surface area (Å²) in [5.41, 5.74) is 2.23. The van der Waals surface area contributed by atoms with Crippen molar-refractivity contribution in [2.45, 2.75) is 44.2 Å². The molecular formula is C24H30N2O3. The third-order valence-electron chi connectivity index (χ3n) is 6.04. The van der Waals surface area contributed by atoms with E-state index in [1.54, 1.807) is 12.0 Å². The van der Waals surface area contributed by atoms with Crippen LogP contribution in [0.25, 0.3) is 0 Å². The van der Waals surface area contributed by atoms with Crippen LogP contribution >= 0.6 is 0 Å². The number of methoxy groups -OCH3 is 1. The number of piperidine rings is 1. The number of nitrogens with zero attached hydrogens (tertiary/aromatic N) is 2. The van der Waals surface area contributed by atoms with Gasteiger partial charge in [-0.1, -0.05) is 42.8 Å². The van der Waals surface area contributed by atoms with E-state index in [0.29, 0.717) is 12.6 Å². The zero-order chi connectivity index (χ0) is 20.1.